The van der Waals surface area contributed by atoms with Gasteiger partial charge in [0.2, 0.25) is 5.82 Å². The van der Waals surface area contributed by atoms with E-state index in [4.69, 9.17) is 0 Å². The first-order valence-corrected chi connectivity index (χ1v) is 8.65. The fourth-order valence-corrected chi connectivity index (χ4v) is 3.31. The van der Waals surface area contributed by atoms with Gasteiger partial charge in [-0.1, -0.05) is 18.2 Å². The van der Waals surface area contributed by atoms with Crippen molar-refractivity contribution < 1.29 is 14.0 Å². The van der Waals surface area contributed by atoms with E-state index in [2.05, 4.69) is 4.98 Å². The van der Waals surface area contributed by atoms with E-state index < -0.39 is 29.0 Å². The van der Waals surface area contributed by atoms with Crippen molar-refractivity contribution >= 4 is 29.3 Å². The molecule has 29 heavy (non-hydrogen) atoms. The van der Waals surface area contributed by atoms with Gasteiger partial charge in [0.1, 0.15) is 0 Å². The summed E-state index contributed by atoms with van der Waals surface area (Å²) in [6.07, 6.45) is 2.10. The summed E-state index contributed by atoms with van der Waals surface area (Å²) in [7, 11) is 0. The van der Waals surface area contributed by atoms with Crippen LogP contribution in [0.3, 0.4) is 0 Å². The standard InChI is InChI=1S/C20H15FN4O4/c1-10-7-11(2)22-15(10)8-13-12-5-3-4-6-16(12)25(18(13)27)20(29)24-9-14(21)17(26)23-19(24)28/h3-9,22H,1-2H3,(H,23,26,28)/b13-8-. The van der Waals surface area contributed by atoms with E-state index in [1.165, 1.54) is 0 Å². The summed E-state index contributed by atoms with van der Waals surface area (Å²) in [6.45, 7) is 3.76. The Labute approximate surface area is 162 Å². The first-order chi connectivity index (χ1) is 13.8. The molecule has 8 nitrogen and oxygen atoms in total. The highest BCUT2D eigenvalue weighted by atomic mass is 19.1. The lowest BCUT2D eigenvalue weighted by Gasteiger charge is -2.15. The van der Waals surface area contributed by atoms with Crippen molar-refractivity contribution in [2.75, 3.05) is 4.90 Å². The number of hydrogen-bond acceptors (Lipinski definition) is 4. The van der Waals surface area contributed by atoms with Crippen molar-refractivity contribution in [3.05, 3.63) is 85.7 Å². The molecule has 146 valence electrons. The predicted octanol–water partition coefficient (Wildman–Crippen LogP) is 2.18. The molecule has 0 atom stereocenters. The van der Waals surface area contributed by atoms with Gasteiger partial charge in [-0.2, -0.15) is 4.39 Å². The van der Waals surface area contributed by atoms with Crippen molar-refractivity contribution in [1.82, 2.24) is 14.5 Å². The van der Waals surface area contributed by atoms with Crippen molar-refractivity contribution in [3.63, 3.8) is 0 Å². The number of aromatic amines is 2. The van der Waals surface area contributed by atoms with Crippen LogP contribution < -0.4 is 16.1 Å². The molecule has 0 saturated carbocycles. The monoisotopic (exact) mass is 394 g/mol. The van der Waals surface area contributed by atoms with Gasteiger partial charge < -0.3 is 4.98 Å². The largest absolute Gasteiger partial charge is 0.359 e. The Morgan fingerprint density at radius 3 is 2.52 bits per heavy atom. The smallest absolute Gasteiger partial charge is 0.344 e. The number of rotatable bonds is 1. The number of aryl methyl sites for hydroxylation is 2. The van der Waals surface area contributed by atoms with Crippen molar-refractivity contribution in [2.24, 2.45) is 0 Å². The Balaban J connectivity index is 1.86. The summed E-state index contributed by atoms with van der Waals surface area (Å²) in [5, 5.41) is 0. The van der Waals surface area contributed by atoms with Gasteiger partial charge >= 0.3 is 11.7 Å². The number of hydrogen-bond donors (Lipinski definition) is 2. The molecule has 0 fully saturated rings. The molecule has 1 aliphatic rings. The van der Waals surface area contributed by atoms with E-state index in [0.29, 0.717) is 22.0 Å². The summed E-state index contributed by atoms with van der Waals surface area (Å²) >= 11 is 0. The lowest BCUT2D eigenvalue weighted by molar-refractivity contribution is -0.112. The maximum absolute atomic E-state index is 13.6. The molecule has 3 aromatic rings. The van der Waals surface area contributed by atoms with Crippen LogP contribution in [0.2, 0.25) is 0 Å². The third-order valence-corrected chi connectivity index (χ3v) is 4.64. The Morgan fingerprint density at radius 1 is 1.10 bits per heavy atom. The Kier molecular flexibility index (Phi) is 4.15. The average Bonchev–Trinajstić information content (AvgIpc) is 3.14. The fourth-order valence-electron chi connectivity index (χ4n) is 3.31. The van der Waals surface area contributed by atoms with E-state index >= 15 is 0 Å². The number of nitrogens with zero attached hydrogens (tertiary/aromatic N) is 2. The summed E-state index contributed by atoms with van der Waals surface area (Å²) < 4.78 is 14.0. The minimum absolute atomic E-state index is 0.247. The first kappa shape index (κ1) is 18.4. The Hall–Kier alpha value is -4.01. The van der Waals surface area contributed by atoms with Gasteiger partial charge in [0, 0.05) is 17.0 Å². The molecule has 2 amide bonds. The second-order valence-electron chi connectivity index (χ2n) is 6.65. The molecule has 4 rings (SSSR count). The molecule has 1 aromatic carbocycles. The number of para-hydroxylation sites is 1. The topological polar surface area (TPSA) is 108 Å². The van der Waals surface area contributed by atoms with Gasteiger partial charge in [-0.25, -0.2) is 19.1 Å². The van der Waals surface area contributed by atoms with Gasteiger partial charge in [0.05, 0.1) is 17.5 Å². The molecule has 0 saturated heterocycles. The average molecular weight is 394 g/mol. The highest BCUT2D eigenvalue weighted by Gasteiger charge is 2.38. The number of anilines is 1. The fraction of sp³-hybridized carbons (Fsp3) is 0.100. The highest BCUT2D eigenvalue weighted by molar-refractivity contribution is 6.42. The van der Waals surface area contributed by atoms with Crippen molar-refractivity contribution in [3.8, 4) is 0 Å². The lowest BCUT2D eigenvalue weighted by Crippen LogP contribution is -2.44. The quantitative estimate of drug-likeness (QED) is 0.617. The first-order valence-electron chi connectivity index (χ1n) is 8.65. The number of H-pyrrole nitrogens is 2. The SMILES string of the molecule is Cc1cc(C)c(/C=C2\C(=O)N(C(=O)n3cc(F)c(=O)[nH]c3=O)c3ccccc32)[nH]1. The third kappa shape index (κ3) is 2.92. The number of imide groups is 1. The predicted molar refractivity (Wildman–Crippen MR) is 104 cm³/mol. The van der Waals surface area contributed by atoms with Crippen LogP contribution in [0.15, 0.2) is 46.1 Å². The summed E-state index contributed by atoms with van der Waals surface area (Å²) in [6, 6.07) is 7.40. The minimum atomic E-state index is -1.31. The van der Waals surface area contributed by atoms with Crippen molar-refractivity contribution in [1.29, 1.82) is 0 Å². The van der Waals surface area contributed by atoms with Crippen LogP contribution in [0.4, 0.5) is 14.9 Å². The normalized spacial score (nSPS) is 14.5. The molecule has 3 heterocycles. The zero-order valence-electron chi connectivity index (χ0n) is 15.4. The van der Waals surface area contributed by atoms with Crippen LogP contribution in [-0.4, -0.2) is 26.5 Å². The van der Waals surface area contributed by atoms with E-state index in [1.807, 2.05) is 19.9 Å². The number of aromatic nitrogens is 3. The third-order valence-electron chi connectivity index (χ3n) is 4.64. The number of halogens is 1. The highest BCUT2D eigenvalue weighted by Crippen LogP contribution is 2.38. The summed E-state index contributed by atoms with van der Waals surface area (Å²) in [5.74, 6) is -1.98. The second-order valence-corrected chi connectivity index (χ2v) is 6.65. The zero-order chi connectivity index (χ0) is 20.9. The number of amides is 2. The van der Waals surface area contributed by atoms with Crippen molar-refractivity contribution in [2.45, 2.75) is 13.8 Å². The number of carbonyl (C=O) groups excluding carboxylic acids is 2. The molecule has 0 radical (unpaired) electrons. The number of fused-ring (bicyclic) bond motifs is 1. The van der Waals surface area contributed by atoms with E-state index in [0.717, 1.165) is 16.2 Å². The van der Waals surface area contributed by atoms with Crippen LogP contribution >= 0.6 is 0 Å². The van der Waals surface area contributed by atoms with E-state index in [1.54, 1.807) is 35.3 Å². The van der Waals surface area contributed by atoms with Gasteiger partial charge in [-0.15, -0.1) is 0 Å². The molecule has 2 N–H and O–H groups in total. The van der Waals surface area contributed by atoms with Crippen LogP contribution in [0.25, 0.3) is 11.6 Å². The Morgan fingerprint density at radius 2 is 1.83 bits per heavy atom. The minimum Gasteiger partial charge on any atom is -0.359 e. The molecular weight excluding hydrogens is 379 g/mol. The van der Waals surface area contributed by atoms with Gasteiger partial charge in [0.15, 0.2) is 0 Å². The maximum Gasteiger partial charge on any atom is 0.344 e. The molecular formula is C20H15FN4O4. The number of carbonyl (C=O) groups is 2. The van der Waals surface area contributed by atoms with Gasteiger partial charge in [-0.05, 0) is 37.6 Å². The van der Waals surface area contributed by atoms with Crippen LogP contribution in [0, 0.1) is 19.7 Å². The van der Waals surface area contributed by atoms with Gasteiger partial charge in [-0.3, -0.25) is 14.6 Å². The molecule has 0 unspecified atom stereocenters. The van der Waals surface area contributed by atoms with Crippen LogP contribution in [-0.2, 0) is 4.79 Å². The summed E-state index contributed by atoms with van der Waals surface area (Å²) in [5.41, 5.74) is 1.16. The van der Waals surface area contributed by atoms with E-state index in [9.17, 15) is 23.6 Å². The molecule has 9 heteroatoms. The number of benzene rings is 1. The van der Waals surface area contributed by atoms with Crippen LogP contribution in [0.1, 0.15) is 22.5 Å². The van der Waals surface area contributed by atoms with Gasteiger partial charge in [0.25, 0.3) is 11.5 Å². The molecule has 1 aliphatic heterocycles. The lowest BCUT2D eigenvalue weighted by atomic mass is 10.1. The second kappa shape index (κ2) is 6.55. The number of nitrogens with one attached hydrogen (secondary N) is 2. The molecule has 2 aromatic heterocycles. The molecule has 0 spiro atoms. The maximum atomic E-state index is 13.6. The zero-order valence-corrected chi connectivity index (χ0v) is 15.4. The summed E-state index contributed by atoms with van der Waals surface area (Å²) in [4.78, 5) is 54.9. The molecule has 0 aliphatic carbocycles. The molecule has 0 bridgehead atoms. The Bertz CT molecular complexity index is 1330. The van der Waals surface area contributed by atoms with E-state index in [-0.39, 0.29) is 11.3 Å². The van der Waals surface area contributed by atoms with Crippen LogP contribution in [0.5, 0.6) is 0 Å².